The van der Waals surface area contributed by atoms with Gasteiger partial charge in [-0.1, -0.05) is 0 Å². The summed E-state index contributed by atoms with van der Waals surface area (Å²) in [5.74, 6) is -0.0515. The predicted octanol–water partition coefficient (Wildman–Crippen LogP) is -0.622. The maximum Gasteiger partial charge on any atom is 0.148 e. The van der Waals surface area contributed by atoms with Crippen LogP contribution in [0.1, 0.15) is 6.92 Å². The third-order valence-corrected chi connectivity index (χ3v) is 1.68. The van der Waals surface area contributed by atoms with Crippen LogP contribution in [0.5, 0.6) is 0 Å². The summed E-state index contributed by atoms with van der Waals surface area (Å²) in [7, 11) is 1.71. The van der Waals surface area contributed by atoms with Crippen LogP contribution in [-0.4, -0.2) is 24.2 Å². The summed E-state index contributed by atoms with van der Waals surface area (Å²) < 4.78 is 0. The summed E-state index contributed by atoms with van der Waals surface area (Å²) in [5, 5.41) is 2.53. The van der Waals surface area contributed by atoms with Crippen LogP contribution in [0.3, 0.4) is 0 Å². The fraction of sp³-hybridized carbons (Fsp3) is 0.800. The molecule has 2 unspecified atom stereocenters. The molecule has 0 aliphatic heterocycles. The fourth-order valence-corrected chi connectivity index (χ4v) is 0.612. The van der Waals surface area contributed by atoms with Crippen molar-refractivity contribution in [1.29, 1.82) is 0 Å². The molecule has 2 atom stereocenters. The van der Waals surface area contributed by atoms with E-state index < -0.39 is 6.04 Å². The highest BCUT2D eigenvalue weighted by Gasteiger charge is 2.14. The minimum Gasteiger partial charge on any atom is -0.320 e. The van der Waals surface area contributed by atoms with Crippen LogP contribution >= 0.6 is 12.6 Å². The van der Waals surface area contributed by atoms with Crippen LogP contribution in [0.2, 0.25) is 0 Å². The molecular weight excluding hydrogens is 136 g/mol. The van der Waals surface area contributed by atoms with Crippen molar-refractivity contribution in [1.82, 2.24) is 5.32 Å². The fourth-order valence-electron chi connectivity index (χ4n) is 0.402. The molecule has 0 bridgehead atoms. The van der Waals surface area contributed by atoms with Gasteiger partial charge in [0.2, 0.25) is 0 Å². The number of carbonyl (C=O) groups is 1. The Morgan fingerprint density at radius 1 is 1.78 bits per heavy atom. The van der Waals surface area contributed by atoms with Gasteiger partial charge in [-0.25, -0.2) is 0 Å². The molecule has 0 aromatic carbocycles. The van der Waals surface area contributed by atoms with Gasteiger partial charge in [0.1, 0.15) is 5.78 Å². The number of thiol groups is 1. The summed E-state index contributed by atoms with van der Waals surface area (Å²) in [6.45, 7) is 1.45. The van der Waals surface area contributed by atoms with Crippen molar-refractivity contribution >= 4 is 18.4 Å². The molecule has 4 heteroatoms. The quantitative estimate of drug-likeness (QED) is 0.369. The van der Waals surface area contributed by atoms with Gasteiger partial charge in [-0.3, -0.25) is 4.79 Å². The largest absolute Gasteiger partial charge is 0.320 e. The number of nitrogens with two attached hydrogens (primary N) is 1. The number of hydrogen-bond donors (Lipinski definition) is 3. The number of hydrogen-bond acceptors (Lipinski definition) is 4. The second-order valence-corrected chi connectivity index (χ2v) is 2.43. The van der Waals surface area contributed by atoms with E-state index in [9.17, 15) is 4.79 Å². The first kappa shape index (κ1) is 8.94. The Hall–Kier alpha value is -0.0600. The number of Topliss-reactive ketones (excluding diaryl/α,β-unsaturated/α-hetero) is 1. The van der Waals surface area contributed by atoms with Crippen molar-refractivity contribution in [3.63, 3.8) is 0 Å². The molecule has 0 heterocycles. The van der Waals surface area contributed by atoms with Crippen LogP contribution in [0.4, 0.5) is 0 Å². The lowest BCUT2D eigenvalue weighted by Crippen LogP contribution is -2.44. The molecule has 0 saturated carbocycles. The summed E-state index contributed by atoms with van der Waals surface area (Å²) in [6.07, 6.45) is 0. The van der Waals surface area contributed by atoms with E-state index in [2.05, 4.69) is 17.9 Å². The van der Waals surface area contributed by atoms with E-state index in [4.69, 9.17) is 5.73 Å². The maximum absolute atomic E-state index is 10.5. The Bertz CT molecular complexity index is 107. The van der Waals surface area contributed by atoms with Gasteiger partial charge < -0.3 is 11.1 Å². The average molecular weight is 148 g/mol. The summed E-state index contributed by atoms with van der Waals surface area (Å²) in [6, 6.07) is -0.502. The maximum atomic E-state index is 10.5. The van der Waals surface area contributed by atoms with E-state index in [1.807, 2.05) is 0 Å². The first-order valence-electron chi connectivity index (χ1n) is 2.71. The van der Waals surface area contributed by atoms with E-state index in [1.165, 1.54) is 6.92 Å². The SMILES string of the molecule is CNC(S)C(N)C(C)=O. The van der Waals surface area contributed by atoms with Gasteiger partial charge in [0.25, 0.3) is 0 Å². The van der Waals surface area contributed by atoms with Crippen LogP contribution < -0.4 is 11.1 Å². The lowest BCUT2D eigenvalue weighted by atomic mass is 10.2. The van der Waals surface area contributed by atoms with Crippen molar-refractivity contribution in [3.8, 4) is 0 Å². The molecule has 0 amide bonds. The number of carbonyl (C=O) groups excluding carboxylic acids is 1. The normalized spacial score (nSPS) is 16.9. The highest BCUT2D eigenvalue weighted by Crippen LogP contribution is 1.94. The van der Waals surface area contributed by atoms with Crippen LogP contribution in [-0.2, 0) is 4.79 Å². The standard InChI is InChI=1S/C5H12N2OS/c1-3(8)4(6)5(9)7-2/h4-5,7,9H,6H2,1-2H3. The third-order valence-electron chi connectivity index (χ3n) is 1.11. The number of likely N-dealkylation sites (N-methyl/N-ethyl adjacent to an activating group) is 1. The van der Waals surface area contributed by atoms with Gasteiger partial charge in [-0.05, 0) is 14.0 Å². The van der Waals surface area contributed by atoms with Gasteiger partial charge in [-0.2, -0.15) is 12.6 Å². The molecule has 0 aromatic heterocycles. The Labute approximate surface area is 60.4 Å². The zero-order chi connectivity index (χ0) is 7.44. The summed E-state index contributed by atoms with van der Waals surface area (Å²) >= 11 is 4.01. The molecule has 3 N–H and O–H groups in total. The van der Waals surface area contributed by atoms with Crippen molar-refractivity contribution in [2.24, 2.45) is 5.73 Å². The minimum absolute atomic E-state index is 0.0515. The molecule has 0 aromatic rings. The summed E-state index contributed by atoms with van der Waals surface area (Å²) in [5.41, 5.74) is 5.38. The van der Waals surface area contributed by atoms with E-state index in [0.717, 1.165) is 0 Å². The number of nitrogens with one attached hydrogen (secondary N) is 1. The molecule has 0 aliphatic rings. The van der Waals surface area contributed by atoms with E-state index in [-0.39, 0.29) is 11.2 Å². The van der Waals surface area contributed by atoms with Crippen molar-refractivity contribution < 1.29 is 4.79 Å². The molecule has 0 radical (unpaired) electrons. The second kappa shape index (κ2) is 3.87. The highest BCUT2D eigenvalue weighted by atomic mass is 32.1. The zero-order valence-corrected chi connectivity index (χ0v) is 6.48. The molecule has 0 spiro atoms. The molecule has 0 aliphatic carbocycles. The lowest BCUT2D eigenvalue weighted by Gasteiger charge is -2.14. The summed E-state index contributed by atoms with van der Waals surface area (Å²) in [4.78, 5) is 10.5. The van der Waals surface area contributed by atoms with Gasteiger partial charge in [-0.15, -0.1) is 0 Å². The number of rotatable bonds is 3. The lowest BCUT2D eigenvalue weighted by molar-refractivity contribution is -0.118. The van der Waals surface area contributed by atoms with Crippen LogP contribution in [0, 0.1) is 0 Å². The molecule has 54 valence electrons. The Morgan fingerprint density at radius 3 is 2.33 bits per heavy atom. The van der Waals surface area contributed by atoms with Gasteiger partial charge in [0, 0.05) is 0 Å². The van der Waals surface area contributed by atoms with Gasteiger partial charge in [0.05, 0.1) is 11.4 Å². The molecule has 3 nitrogen and oxygen atoms in total. The highest BCUT2D eigenvalue weighted by molar-refractivity contribution is 7.81. The van der Waals surface area contributed by atoms with Crippen molar-refractivity contribution in [2.45, 2.75) is 18.3 Å². The molecule has 9 heavy (non-hydrogen) atoms. The van der Waals surface area contributed by atoms with Crippen LogP contribution in [0.25, 0.3) is 0 Å². The minimum atomic E-state index is -0.502. The zero-order valence-electron chi connectivity index (χ0n) is 5.59. The first-order valence-corrected chi connectivity index (χ1v) is 3.22. The van der Waals surface area contributed by atoms with E-state index in [0.29, 0.717) is 0 Å². The van der Waals surface area contributed by atoms with Crippen molar-refractivity contribution in [2.75, 3.05) is 7.05 Å². The van der Waals surface area contributed by atoms with E-state index >= 15 is 0 Å². The molecule has 0 fully saturated rings. The Balaban J connectivity index is 3.72. The molecule has 0 saturated heterocycles. The Kier molecular flexibility index (Phi) is 3.84. The monoisotopic (exact) mass is 148 g/mol. The van der Waals surface area contributed by atoms with Gasteiger partial charge >= 0.3 is 0 Å². The average Bonchev–Trinajstić information content (AvgIpc) is 1.84. The van der Waals surface area contributed by atoms with Gasteiger partial charge in [0.15, 0.2) is 0 Å². The molecular formula is C5H12N2OS. The topological polar surface area (TPSA) is 55.1 Å². The second-order valence-electron chi connectivity index (χ2n) is 1.87. The third kappa shape index (κ3) is 2.84. The predicted molar refractivity (Wildman–Crippen MR) is 40.5 cm³/mol. The first-order chi connectivity index (χ1) is 4.09. The van der Waals surface area contributed by atoms with E-state index in [1.54, 1.807) is 7.05 Å². The van der Waals surface area contributed by atoms with Crippen molar-refractivity contribution in [3.05, 3.63) is 0 Å². The number of ketones is 1. The Morgan fingerprint density at radius 2 is 2.22 bits per heavy atom. The van der Waals surface area contributed by atoms with Crippen LogP contribution in [0.15, 0.2) is 0 Å². The smallest absolute Gasteiger partial charge is 0.148 e. The molecule has 0 rings (SSSR count).